The molecule has 0 heterocycles. The van der Waals surface area contributed by atoms with Gasteiger partial charge in [0.1, 0.15) is 0 Å². The van der Waals surface area contributed by atoms with E-state index in [2.05, 4.69) is 20.8 Å². The first-order chi connectivity index (χ1) is 7.27. The van der Waals surface area contributed by atoms with Crippen LogP contribution in [0.5, 0.6) is 0 Å². The predicted molar refractivity (Wildman–Crippen MR) is 63.6 cm³/mol. The molecule has 0 aromatic heterocycles. The number of halogens is 3. The summed E-state index contributed by atoms with van der Waals surface area (Å²) in [5.74, 6) is 0. The predicted octanol–water partition coefficient (Wildman–Crippen LogP) is 5.58. The Morgan fingerprint density at radius 2 is 1.56 bits per heavy atom. The van der Waals surface area contributed by atoms with Crippen molar-refractivity contribution in [2.24, 2.45) is 0 Å². The van der Waals surface area contributed by atoms with E-state index in [4.69, 9.17) is 0 Å². The molecule has 0 N–H and O–H groups in total. The molecule has 0 aliphatic rings. The van der Waals surface area contributed by atoms with Gasteiger partial charge in [0.2, 0.25) is 11.2 Å². The van der Waals surface area contributed by atoms with Crippen molar-refractivity contribution in [2.75, 3.05) is 0 Å². The molecule has 0 bridgehead atoms. The monoisotopic (exact) mass is 250 g/mol. The van der Waals surface area contributed by atoms with Gasteiger partial charge in [-0.3, -0.25) is 0 Å². The van der Waals surface area contributed by atoms with Crippen LogP contribution in [0.25, 0.3) is 0 Å². The van der Waals surface area contributed by atoms with Crippen LogP contribution in [0.15, 0.2) is 29.2 Å². The summed E-state index contributed by atoms with van der Waals surface area (Å²) in [6, 6.07) is 5.60. The van der Waals surface area contributed by atoms with Crippen molar-refractivity contribution in [3.63, 3.8) is 0 Å². The van der Waals surface area contributed by atoms with E-state index < -0.39 is 16.1 Å². The maximum atomic E-state index is 12.4. The van der Waals surface area contributed by atoms with Crippen molar-refractivity contribution in [1.82, 2.24) is 0 Å². The number of rotatable bonds is 4. The van der Waals surface area contributed by atoms with Crippen molar-refractivity contribution in [3.8, 4) is 0 Å². The molecule has 0 amide bonds. The van der Waals surface area contributed by atoms with E-state index in [-0.39, 0.29) is 5.41 Å². The molecule has 0 saturated carbocycles. The average molecular weight is 250 g/mol. The maximum absolute atomic E-state index is 12.4. The minimum atomic E-state index is -5.08. The Hall–Kier alpha value is -0.640. The normalized spacial score (nSPS) is 13.9. The molecule has 1 rings (SSSR count). The molecular weight excluding hydrogens is 233 g/mol. The lowest BCUT2D eigenvalue weighted by Gasteiger charge is -2.25. The third kappa shape index (κ3) is 3.17. The molecule has 0 saturated heterocycles. The average Bonchev–Trinajstić information content (AvgIpc) is 2.16. The minimum absolute atomic E-state index is 0.0474. The van der Waals surface area contributed by atoms with Crippen LogP contribution in [-0.4, -0.2) is 0 Å². The Bertz CT molecular complexity index is 338. The van der Waals surface area contributed by atoms with Crippen LogP contribution in [0.4, 0.5) is 11.7 Å². The van der Waals surface area contributed by atoms with Crippen LogP contribution in [0, 0.1) is 0 Å². The van der Waals surface area contributed by atoms with E-state index in [1.807, 2.05) is 0 Å². The van der Waals surface area contributed by atoms with Gasteiger partial charge in [0, 0.05) is 0 Å². The van der Waals surface area contributed by atoms with Crippen LogP contribution in [0.1, 0.15) is 39.2 Å². The fourth-order valence-electron chi connectivity index (χ4n) is 1.83. The number of hydrogen-bond donors (Lipinski definition) is 0. The zero-order valence-corrected chi connectivity index (χ0v) is 10.6. The first kappa shape index (κ1) is 13.4. The van der Waals surface area contributed by atoms with Gasteiger partial charge in [-0.05, 0) is 29.5 Å². The van der Waals surface area contributed by atoms with Crippen LogP contribution >= 0.6 is 11.2 Å². The van der Waals surface area contributed by atoms with Gasteiger partial charge in [0.15, 0.2) is 0 Å². The molecular formula is C12H17F3S. The summed E-state index contributed by atoms with van der Waals surface area (Å²) in [6.07, 6.45) is 2.00. The lowest BCUT2D eigenvalue weighted by atomic mass is 9.81. The highest BCUT2D eigenvalue weighted by Gasteiger charge is 2.25. The van der Waals surface area contributed by atoms with Crippen molar-refractivity contribution >= 4 is 11.2 Å². The van der Waals surface area contributed by atoms with E-state index in [0.717, 1.165) is 18.4 Å². The number of benzene rings is 1. The lowest BCUT2D eigenvalue weighted by Crippen LogP contribution is -2.16. The largest absolute Gasteiger partial charge is 0.237 e. The second-order valence-electron chi connectivity index (χ2n) is 4.56. The second kappa shape index (κ2) is 4.70. The Labute approximate surface area is 97.1 Å². The quantitative estimate of drug-likeness (QED) is 0.654. The van der Waals surface area contributed by atoms with E-state index >= 15 is 0 Å². The van der Waals surface area contributed by atoms with Crippen LogP contribution in [0.2, 0.25) is 0 Å². The highest BCUT2D eigenvalue weighted by atomic mass is 32.3. The first-order valence-corrected chi connectivity index (χ1v) is 6.63. The molecule has 0 unspecified atom stereocenters. The second-order valence-corrected chi connectivity index (χ2v) is 5.85. The summed E-state index contributed by atoms with van der Waals surface area (Å²) in [5, 5.41) is 0. The van der Waals surface area contributed by atoms with Crippen LogP contribution < -0.4 is 0 Å². The van der Waals surface area contributed by atoms with Gasteiger partial charge in [-0.1, -0.05) is 39.3 Å². The summed E-state index contributed by atoms with van der Waals surface area (Å²) >= 11 is -5.08. The minimum Gasteiger partial charge on any atom is -0.120 e. The van der Waals surface area contributed by atoms with E-state index in [0.29, 0.717) is 0 Å². The van der Waals surface area contributed by atoms with Gasteiger partial charge in [-0.15, -0.1) is 11.7 Å². The summed E-state index contributed by atoms with van der Waals surface area (Å²) < 4.78 is 37.3. The Morgan fingerprint density at radius 3 is 1.94 bits per heavy atom. The van der Waals surface area contributed by atoms with Crippen LogP contribution in [-0.2, 0) is 5.41 Å². The maximum Gasteiger partial charge on any atom is 0.237 e. The summed E-state index contributed by atoms with van der Waals surface area (Å²) in [6.45, 7) is 6.20. The molecule has 1 aromatic carbocycles. The first-order valence-electron chi connectivity index (χ1n) is 5.30. The molecule has 0 radical (unpaired) electrons. The van der Waals surface area contributed by atoms with E-state index in [9.17, 15) is 11.7 Å². The third-order valence-corrected chi connectivity index (χ3v) is 3.58. The van der Waals surface area contributed by atoms with Crippen molar-refractivity contribution in [3.05, 3.63) is 29.8 Å². The van der Waals surface area contributed by atoms with Gasteiger partial charge >= 0.3 is 0 Å². The molecule has 0 spiro atoms. The van der Waals surface area contributed by atoms with Gasteiger partial charge in [-0.25, -0.2) is 0 Å². The Kier molecular flexibility index (Phi) is 3.94. The van der Waals surface area contributed by atoms with Crippen LogP contribution in [0.3, 0.4) is 0 Å². The molecule has 0 aliphatic carbocycles. The zero-order valence-electron chi connectivity index (χ0n) is 9.77. The molecule has 16 heavy (non-hydrogen) atoms. The van der Waals surface area contributed by atoms with Crippen molar-refractivity contribution in [2.45, 2.75) is 43.9 Å². The Morgan fingerprint density at radius 1 is 1.06 bits per heavy atom. The molecule has 92 valence electrons. The van der Waals surface area contributed by atoms with Gasteiger partial charge in [0.25, 0.3) is 0 Å². The molecule has 1 aromatic rings. The topological polar surface area (TPSA) is 0 Å². The molecule has 0 nitrogen and oxygen atoms in total. The summed E-state index contributed by atoms with van der Waals surface area (Å²) in [5.41, 5.74) is 0.926. The fourth-order valence-corrected chi connectivity index (χ4v) is 2.27. The summed E-state index contributed by atoms with van der Waals surface area (Å²) in [4.78, 5) is -0.497. The smallest absolute Gasteiger partial charge is 0.120 e. The Balaban J connectivity index is 2.95. The SMILES string of the molecule is CCCC(C)(C)c1ccc(S(F)(F)F)cc1. The molecule has 0 atom stereocenters. The highest BCUT2D eigenvalue weighted by Crippen LogP contribution is 2.60. The standard InChI is InChI=1S/C12H17F3S/c1-4-9-12(2,3)10-5-7-11(8-6-10)16(13,14)15/h5-8H,4,9H2,1-3H3. The summed E-state index contributed by atoms with van der Waals surface area (Å²) in [7, 11) is 0. The third-order valence-electron chi connectivity index (χ3n) is 2.78. The fraction of sp³-hybridized carbons (Fsp3) is 0.500. The van der Waals surface area contributed by atoms with Gasteiger partial charge in [-0.2, -0.15) is 0 Å². The molecule has 0 fully saturated rings. The van der Waals surface area contributed by atoms with Gasteiger partial charge in [0.05, 0.1) is 4.90 Å². The van der Waals surface area contributed by atoms with Gasteiger partial charge < -0.3 is 0 Å². The molecule has 4 heteroatoms. The number of hydrogen-bond acceptors (Lipinski definition) is 0. The van der Waals surface area contributed by atoms with Crippen molar-refractivity contribution in [1.29, 1.82) is 0 Å². The van der Waals surface area contributed by atoms with E-state index in [1.54, 1.807) is 12.1 Å². The van der Waals surface area contributed by atoms with E-state index in [1.165, 1.54) is 12.1 Å². The van der Waals surface area contributed by atoms with Crippen molar-refractivity contribution < 1.29 is 11.7 Å². The zero-order chi connectivity index (χ0) is 12.4. The lowest BCUT2D eigenvalue weighted by molar-refractivity contribution is 0.472. The molecule has 0 aliphatic heterocycles. The highest BCUT2D eigenvalue weighted by molar-refractivity contribution is 8.20.